The first-order valence-electron chi connectivity index (χ1n) is 6.55. The summed E-state index contributed by atoms with van der Waals surface area (Å²) in [6.07, 6.45) is -2.83. The van der Waals surface area contributed by atoms with Gasteiger partial charge in [-0.2, -0.15) is 11.8 Å². The van der Waals surface area contributed by atoms with E-state index in [1.165, 1.54) is 28.6 Å². The molecule has 0 bridgehead atoms. The summed E-state index contributed by atoms with van der Waals surface area (Å²) in [5.74, 6) is 0.668. The van der Waals surface area contributed by atoms with Crippen molar-refractivity contribution in [3.8, 4) is 0 Å². The van der Waals surface area contributed by atoms with Gasteiger partial charge in [0.2, 0.25) is 0 Å². The number of ether oxygens (including phenoxy) is 1. The highest BCUT2D eigenvalue weighted by Crippen LogP contribution is 2.37. The maximum absolute atomic E-state index is 11.9. The molecule has 1 aromatic heterocycles. The monoisotopic (exact) mass is 318 g/mol. The summed E-state index contributed by atoms with van der Waals surface area (Å²) in [5.41, 5.74) is -1.18. The molecule has 8 nitrogen and oxygen atoms in total. The van der Waals surface area contributed by atoms with Gasteiger partial charge in [0.05, 0.1) is 18.0 Å². The second kappa shape index (κ2) is 6.75. The number of aliphatic hydroxyl groups is 3. The molecule has 0 aliphatic carbocycles. The topological polar surface area (TPSA) is 125 Å². The van der Waals surface area contributed by atoms with Gasteiger partial charge in [0.15, 0.2) is 6.23 Å². The van der Waals surface area contributed by atoms with Crippen LogP contribution in [0.1, 0.15) is 13.2 Å². The van der Waals surface area contributed by atoms with Crippen LogP contribution < -0.4 is 11.2 Å². The van der Waals surface area contributed by atoms with Crippen LogP contribution in [0.25, 0.3) is 0 Å². The number of nitrogens with zero attached hydrogens (tertiary/aromatic N) is 1. The number of aromatic amines is 1. The second-order valence-corrected chi connectivity index (χ2v) is 6.12. The normalized spacial score (nSPS) is 30.5. The second-order valence-electron chi connectivity index (χ2n) is 4.67. The predicted octanol–water partition coefficient (Wildman–Crippen LogP) is -1.73. The first-order chi connectivity index (χ1) is 9.99. The van der Waals surface area contributed by atoms with Crippen molar-refractivity contribution >= 4 is 11.8 Å². The van der Waals surface area contributed by atoms with Crippen LogP contribution in [0.5, 0.6) is 0 Å². The van der Waals surface area contributed by atoms with Crippen molar-refractivity contribution in [1.82, 2.24) is 9.55 Å². The van der Waals surface area contributed by atoms with Gasteiger partial charge in [-0.05, 0) is 5.75 Å². The maximum Gasteiger partial charge on any atom is 0.330 e. The van der Waals surface area contributed by atoms with Gasteiger partial charge in [-0.15, -0.1) is 0 Å². The molecule has 0 spiro atoms. The largest absolute Gasteiger partial charge is 0.394 e. The molecule has 1 fully saturated rings. The van der Waals surface area contributed by atoms with Gasteiger partial charge in [-0.1, -0.05) is 6.92 Å². The molecule has 1 aromatic rings. The minimum Gasteiger partial charge on any atom is -0.394 e. The van der Waals surface area contributed by atoms with Gasteiger partial charge in [-0.3, -0.25) is 14.3 Å². The lowest BCUT2D eigenvalue weighted by atomic mass is 10.1. The summed E-state index contributed by atoms with van der Waals surface area (Å²) in [7, 11) is 0. The van der Waals surface area contributed by atoms with Crippen molar-refractivity contribution in [2.45, 2.75) is 36.7 Å². The third-order valence-electron chi connectivity index (χ3n) is 3.30. The summed E-state index contributed by atoms with van der Waals surface area (Å²) >= 11 is 1.37. The first-order valence-corrected chi connectivity index (χ1v) is 7.60. The van der Waals surface area contributed by atoms with Crippen LogP contribution in [-0.2, 0) is 4.74 Å². The number of thioether (sulfide) groups is 1. The van der Waals surface area contributed by atoms with E-state index in [1.54, 1.807) is 0 Å². The van der Waals surface area contributed by atoms with Gasteiger partial charge in [0.1, 0.15) is 12.2 Å². The summed E-state index contributed by atoms with van der Waals surface area (Å²) < 4.78 is 6.73. The lowest BCUT2D eigenvalue weighted by Gasteiger charge is -2.20. The van der Waals surface area contributed by atoms with E-state index in [2.05, 4.69) is 4.98 Å². The van der Waals surface area contributed by atoms with Gasteiger partial charge < -0.3 is 20.1 Å². The van der Waals surface area contributed by atoms with Crippen molar-refractivity contribution in [2.75, 3.05) is 12.4 Å². The van der Waals surface area contributed by atoms with E-state index in [9.17, 15) is 19.8 Å². The molecule has 118 valence electrons. The average molecular weight is 318 g/mol. The standard InChI is InChI=1S/C12H18N2O6S/c1-2-21-10-8(18)9(6(16)5-15)20-11(10)14-4-3-7(17)13-12(14)19/h3-4,6,8-11,15-16,18H,2,5H2,1H3,(H,13,17,19)/t6-,8+,9-,10+,11-/m1/s1. The number of hydrogen-bond acceptors (Lipinski definition) is 7. The molecule has 2 rings (SSSR count). The predicted molar refractivity (Wildman–Crippen MR) is 76.3 cm³/mol. The summed E-state index contributed by atoms with van der Waals surface area (Å²) in [6.45, 7) is 1.33. The zero-order chi connectivity index (χ0) is 15.6. The van der Waals surface area contributed by atoms with E-state index >= 15 is 0 Å². The number of aromatic nitrogens is 2. The molecule has 0 unspecified atom stereocenters. The minimum atomic E-state index is -1.25. The minimum absolute atomic E-state index is 0.496. The Bertz CT molecular complexity index is 588. The highest BCUT2D eigenvalue weighted by Gasteiger charge is 2.47. The molecule has 1 saturated heterocycles. The Balaban J connectivity index is 2.36. The van der Waals surface area contributed by atoms with E-state index in [1.807, 2.05) is 6.92 Å². The number of hydrogen-bond donors (Lipinski definition) is 4. The van der Waals surface area contributed by atoms with E-state index in [4.69, 9.17) is 9.84 Å². The van der Waals surface area contributed by atoms with E-state index < -0.39 is 47.6 Å². The quantitative estimate of drug-likeness (QED) is 0.508. The fraction of sp³-hybridized carbons (Fsp3) is 0.667. The number of H-pyrrole nitrogens is 1. The molecular weight excluding hydrogens is 300 g/mol. The lowest BCUT2D eigenvalue weighted by Crippen LogP contribution is -2.39. The van der Waals surface area contributed by atoms with E-state index in [0.29, 0.717) is 5.75 Å². The molecule has 9 heteroatoms. The molecular formula is C12H18N2O6S. The van der Waals surface area contributed by atoms with Crippen molar-refractivity contribution < 1.29 is 20.1 Å². The molecule has 4 N–H and O–H groups in total. The summed E-state index contributed by atoms with van der Waals surface area (Å²) in [4.78, 5) is 25.1. The Morgan fingerprint density at radius 1 is 1.52 bits per heavy atom. The zero-order valence-electron chi connectivity index (χ0n) is 11.4. The molecule has 21 heavy (non-hydrogen) atoms. The first kappa shape index (κ1) is 16.2. The van der Waals surface area contributed by atoms with Gasteiger partial charge >= 0.3 is 5.69 Å². The van der Waals surface area contributed by atoms with Crippen LogP contribution in [0.2, 0.25) is 0 Å². The fourth-order valence-corrected chi connectivity index (χ4v) is 3.42. The molecule has 2 heterocycles. The van der Waals surface area contributed by atoms with Gasteiger partial charge in [0.25, 0.3) is 5.56 Å². The molecule has 1 aliphatic rings. The van der Waals surface area contributed by atoms with Crippen LogP contribution in [0, 0.1) is 0 Å². The van der Waals surface area contributed by atoms with Gasteiger partial charge in [0, 0.05) is 12.3 Å². The Kier molecular flexibility index (Phi) is 5.22. The van der Waals surface area contributed by atoms with Crippen molar-refractivity contribution in [2.24, 2.45) is 0 Å². The van der Waals surface area contributed by atoms with Crippen LogP contribution in [0.3, 0.4) is 0 Å². The zero-order valence-corrected chi connectivity index (χ0v) is 12.2. The van der Waals surface area contributed by atoms with Crippen molar-refractivity contribution in [3.63, 3.8) is 0 Å². The molecule has 1 aliphatic heterocycles. The Morgan fingerprint density at radius 2 is 2.24 bits per heavy atom. The smallest absolute Gasteiger partial charge is 0.330 e. The Morgan fingerprint density at radius 3 is 2.81 bits per heavy atom. The van der Waals surface area contributed by atoms with Crippen molar-refractivity contribution in [1.29, 1.82) is 0 Å². The Hall–Kier alpha value is -1.13. The molecule has 0 saturated carbocycles. The van der Waals surface area contributed by atoms with Crippen LogP contribution in [0.4, 0.5) is 0 Å². The SMILES string of the molecule is CCS[C@H]1[C@@H](O)[C@@H]([C@H](O)CO)O[C@H]1n1ccc(=O)[nH]c1=O. The van der Waals surface area contributed by atoms with Gasteiger partial charge in [-0.25, -0.2) is 4.79 Å². The summed E-state index contributed by atoms with van der Waals surface area (Å²) in [6, 6.07) is 1.18. The number of aliphatic hydroxyl groups excluding tert-OH is 3. The maximum atomic E-state index is 11.9. The van der Waals surface area contributed by atoms with Crippen molar-refractivity contribution in [3.05, 3.63) is 33.1 Å². The third-order valence-corrected chi connectivity index (χ3v) is 4.53. The highest BCUT2D eigenvalue weighted by molar-refractivity contribution is 7.99. The highest BCUT2D eigenvalue weighted by atomic mass is 32.2. The van der Waals surface area contributed by atoms with Crippen LogP contribution in [-0.4, -0.2) is 60.8 Å². The molecule has 0 aromatic carbocycles. The van der Waals surface area contributed by atoms with Crippen LogP contribution in [0.15, 0.2) is 21.9 Å². The number of rotatable bonds is 5. The fourth-order valence-electron chi connectivity index (χ4n) is 2.32. The third kappa shape index (κ3) is 3.22. The Labute approximate surface area is 124 Å². The summed E-state index contributed by atoms with van der Waals surface area (Å²) in [5, 5.41) is 28.5. The van der Waals surface area contributed by atoms with Crippen LogP contribution >= 0.6 is 11.8 Å². The number of nitrogens with one attached hydrogen (secondary N) is 1. The molecule has 0 amide bonds. The van der Waals surface area contributed by atoms with E-state index in [0.717, 1.165) is 0 Å². The average Bonchev–Trinajstić information content (AvgIpc) is 2.76. The lowest BCUT2D eigenvalue weighted by molar-refractivity contribution is -0.0965. The van der Waals surface area contributed by atoms with E-state index in [-0.39, 0.29) is 0 Å². The molecule has 5 atom stereocenters. The molecule has 0 radical (unpaired) electrons.